The number of carboxylic acid groups (broad SMARTS) is 1. The number of hydrogen-bond acceptors (Lipinski definition) is 6. The number of aromatic hydroxyl groups is 1. The Morgan fingerprint density at radius 1 is 1.17 bits per heavy atom. The van der Waals surface area contributed by atoms with Gasteiger partial charge < -0.3 is 24.9 Å². The highest BCUT2D eigenvalue weighted by Gasteiger charge is 2.15. The van der Waals surface area contributed by atoms with Crippen molar-refractivity contribution < 1.29 is 19.7 Å². The summed E-state index contributed by atoms with van der Waals surface area (Å²) >= 11 is 0. The van der Waals surface area contributed by atoms with Crippen LogP contribution in [0.1, 0.15) is 17.3 Å². The van der Waals surface area contributed by atoms with Crippen molar-refractivity contribution in [2.75, 3.05) is 6.61 Å². The first kappa shape index (κ1) is 18.2. The third-order valence-corrected chi connectivity index (χ3v) is 4.33. The molecule has 0 fully saturated rings. The first-order valence-corrected chi connectivity index (χ1v) is 8.74. The Morgan fingerprint density at radius 3 is 2.76 bits per heavy atom. The molecule has 2 heterocycles. The lowest BCUT2D eigenvalue weighted by Crippen LogP contribution is -2.10. The number of hydrogen-bond donors (Lipinski definition) is 4. The smallest absolute Gasteiger partial charge is 0.335 e. The minimum Gasteiger partial charge on any atom is -0.508 e. The van der Waals surface area contributed by atoms with E-state index in [4.69, 9.17) is 4.74 Å². The molecule has 146 valence electrons. The van der Waals surface area contributed by atoms with Gasteiger partial charge in [-0.3, -0.25) is 4.79 Å². The van der Waals surface area contributed by atoms with Crippen molar-refractivity contribution in [1.82, 2.24) is 19.9 Å². The van der Waals surface area contributed by atoms with Gasteiger partial charge in [0.15, 0.2) is 11.2 Å². The molecule has 0 radical (unpaired) electrons. The van der Waals surface area contributed by atoms with Crippen LogP contribution < -0.4 is 10.3 Å². The molecule has 0 saturated carbocycles. The number of fused-ring (bicyclic) bond motifs is 1. The van der Waals surface area contributed by atoms with Gasteiger partial charge in [-0.2, -0.15) is 0 Å². The van der Waals surface area contributed by atoms with Crippen LogP contribution >= 0.6 is 0 Å². The van der Waals surface area contributed by atoms with E-state index in [0.717, 1.165) is 0 Å². The Morgan fingerprint density at radius 2 is 2.00 bits per heavy atom. The van der Waals surface area contributed by atoms with E-state index in [1.807, 2.05) is 6.92 Å². The topological polar surface area (TPSA) is 141 Å². The van der Waals surface area contributed by atoms with Crippen molar-refractivity contribution in [3.8, 4) is 34.0 Å². The molecule has 4 rings (SSSR count). The molecule has 9 heteroatoms. The van der Waals surface area contributed by atoms with Gasteiger partial charge in [-0.15, -0.1) is 0 Å². The first-order valence-electron chi connectivity index (χ1n) is 8.74. The average molecular weight is 392 g/mol. The second-order valence-electron chi connectivity index (χ2n) is 6.23. The summed E-state index contributed by atoms with van der Waals surface area (Å²) in [6, 6.07) is 9.25. The first-order chi connectivity index (χ1) is 14.0. The summed E-state index contributed by atoms with van der Waals surface area (Å²) in [7, 11) is 0. The normalized spacial score (nSPS) is 10.9. The van der Waals surface area contributed by atoms with Crippen molar-refractivity contribution in [3.05, 3.63) is 58.6 Å². The molecule has 0 unspecified atom stereocenters. The number of carbonyl (C=O) groups is 1. The molecule has 2 aromatic carbocycles. The number of nitrogens with one attached hydrogen (secondary N) is 2. The van der Waals surface area contributed by atoms with Gasteiger partial charge in [0.05, 0.1) is 24.1 Å². The van der Waals surface area contributed by atoms with E-state index in [0.29, 0.717) is 34.9 Å². The molecule has 9 nitrogen and oxygen atoms in total. The van der Waals surface area contributed by atoms with E-state index >= 15 is 0 Å². The third-order valence-electron chi connectivity index (χ3n) is 4.33. The van der Waals surface area contributed by atoms with Crippen molar-refractivity contribution in [2.45, 2.75) is 6.92 Å². The highest BCUT2D eigenvalue weighted by atomic mass is 16.5. The van der Waals surface area contributed by atoms with Crippen molar-refractivity contribution in [3.63, 3.8) is 0 Å². The number of phenolic OH excluding ortho intramolecular Hbond substituents is 1. The number of carboxylic acids is 1. The minimum absolute atomic E-state index is 0.0305. The summed E-state index contributed by atoms with van der Waals surface area (Å²) in [5.41, 5.74) is 1.89. The zero-order valence-electron chi connectivity index (χ0n) is 15.3. The lowest BCUT2D eigenvalue weighted by Gasteiger charge is -2.12. The van der Waals surface area contributed by atoms with Crippen molar-refractivity contribution >= 4 is 17.1 Å². The maximum absolute atomic E-state index is 12.2. The van der Waals surface area contributed by atoms with E-state index in [1.165, 1.54) is 24.5 Å². The van der Waals surface area contributed by atoms with Gasteiger partial charge >= 0.3 is 5.97 Å². The number of phenols is 1. The number of benzene rings is 2. The van der Waals surface area contributed by atoms with Gasteiger partial charge in [-0.1, -0.05) is 6.07 Å². The number of imidazole rings is 1. The molecular formula is C20H16N4O5. The molecule has 4 aromatic rings. The van der Waals surface area contributed by atoms with E-state index < -0.39 is 5.97 Å². The fourth-order valence-corrected chi connectivity index (χ4v) is 3.04. The summed E-state index contributed by atoms with van der Waals surface area (Å²) in [5, 5.41) is 19.1. The summed E-state index contributed by atoms with van der Waals surface area (Å²) in [5.74, 6) is -0.551. The van der Waals surface area contributed by atoms with Gasteiger partial charge in [0, 0.05) is 0 Å². The molecule has 0 bridgehead atoms. The highest BCUT2D eigenvalue weighted by Crippen LogP contribution is 2.34. The third kappa shape index (κ3) is 3.41. The van der Waals surface area contributed by atoms with Crippen LogP contribution in [0.4, 0.5) is 0 Å². The number of aromatic carboxylic acids is 1. The van der Waals surface area contributed by atoms with Gasteiger partial charge in [0.1, 0.15) is 17.3 Å². The van der Waals surface area contributed by atoms with Crippen LogP contribution in [-0.4, -0.2) is 42.7 Å². The van der Waals surface area contributed by atoms with Crippen LogP contribution in [0.5, 0.6) is 11.5 Å². The standard InChI is InChI=1S/C20H16N4O5/c1-2-29-15-8-10(11-5-12(20(27)28)7-13(25)6-11)3-4-14(15)17-23-18-16(19(26)24-17)21-9-22-18/h3-9,25H,2H2,1H3,(H,27,28)(H2,21,22,23,24,26). The number of aromatic nitrogens is 4. The van der Waals surface area contributed by atoms with E-state index in [1.54, 1.807) is 18.2 Å². The lowest BCUT2D eigenvalue weighted by atomic mass is 10.00. The molecule has 0 aliphatic rings. The summed E-state index contributed by atoms with van der Waals surface area (Å²) in [4.78, 5) is 37.4. The fraction of sp³-hybridized carbons (Fsp3) is 0.100. The van der Waals surface area contributed by atoms with E-state index in [2.05, 4.69) is 19.9 Å². The van der Waals surface area contributed by atoms with Gasteiger partial charge in [0.2, 0.25) is 0 Å². The highest BCUT2D eigenvalue weighted by molar-refractivity contribution is 5.90. The second kappa shape index (κ2) is 7.12. The summed E-state index contributed by atoms with van der Waals surface area (Å²) in [6.45, 7) is 2.19. The number of rotatable bonds is 5. The maximum atomic E-state index is 12.2. The van der Waals surface area contributed by atoms with E-state index in [9.17, 15) is 19.8 Å². The molecule has 0 aliphatic heterocycles. The summed E-state index contributed by atoms with van der Waals surface area (Å²) < 4.78 is 5.73. The molecule has 29 heavy (non-hydrogen) atoms. The molecular weight excluding hydrogens is 376 g/mol. The van der Waals surface area contributed by atoms with Crippen LogP contribution in [0.15, 0.2) is 47.5 Å². The van der Waals surface area contributed by atoms with Gasteiger partial charge in [-0.05, 0) is 48.4 Å². The Kier molecular flexibility index (Phi) is 4.47. The van der Waals surface area contributed by atoms with Crippen LogP contribution in [0.3, 0.4) is 0 Å². The molecule has 4 N–H and O–H groups in total. The Bertz CT molecular complexity index is 1290. The number of H-pyrrole nitrogens is 2. The molecule has 0 aliphatic carbocycles. The van der Waals surface area contributed by atoms with Crippen LogP contribution in [0.2, 0.25) is 0 Å². The Labute approximate surface area is 163 Å². The Hall–Kier alpha value is -4.14. The SMILES string of the molecule is CCOc1cc(-c2cc(O)cc(C(=O)O)c2)ccc1-c1nc2nc[nH]c2c(=O)[nH]1. The molecule has 0 amide bonds. The summed E-state index contributed by atoms with van der Waals surface area (Å²) in [6.07, 6.45) is 1.39. The molecule has 0 saturated heterocycles. The molecule has 2 aromatic heterocycles. The van der Waals surface area contributed by atoms with Gasteiger partial charge in [0.25, 0.3) is 5.56 Å². The van der Waals surface area contributed by atoms with Gasteiger partial charge in [-0.25, -0.2) is 14.8 Å². The zero-order chi connectivity index (χ0) is 20.5. The van der Waals surface area contributed by atoms with Crippen LogP contribution in [-0.2, 0) is 0 Å². The number of aromatic amines is 2. The van der Waals surface area contributed by atoms with Crippen molar-refractivity contribution in [2.24, 2.45) is 0 Å². The van der Waals surface area contributed by atoms with Crippen LogP contribution in [0.25, 0.3) is 33.7 Å². The molecule has 0 atom stereocenters. The number of ether oxygens (including phenoxy) is 1. The monoisotopic (exact) mass is 392 g/mol. The molecule has 0 spiro atoms. The fourth-order valence-electron chi connectivity index (χ4n) is 3.04. The lowest BCUT2D eigenvalue weighted by molar-refractivity contribution is 0.0696. The predicted molar refractivity (Wildman–Crippen MR) is 105 cm³/mol. The predicted octanol–water partition coefficient (Wildman–Crippen LogP) is 2.78. The Balaban J connectivity index is 1.85. The largest absolute Gasteiger partial charge is 0.508 e. The number of nitrogens with zero attached hydrogens (tertiary/aromatic N) is 2. The van der Waals surface area contributed by atoms with Crippen LogP contribution in [0, 0.1) is 0 Å². The zero-order valence-corrected chi connectivity index (χ0v) is 15.3. The minimum atomic E-state index is -1.14. The maximum Gasteiger partial charge on any atom is 0.335 e. The quantitative estimate of drug-likeness (QED) is 0.409. The second-order valence-corrected chi connectivity index (χ2v) is 6.23. The van der Waals surface area contributed by atoms with Crippen molar-refractivity contribution in [1.29, 1.82) is 0 Å². The van der Waals surface area contributed by atoms with E-state index in [-0.39, 0.29) is 28.0 Å². The average Bonchev–Trinajstić information content (AvgIpc) is 3.17.